The minimum atomic E-state index is -0.539. The van der Waals surface area contributed by atoms with E-state index >= 15 is 0 Å². The molecule has 2 aromatic heterocycles. The lowest BCUT2D eigenvalue weighted by Crippen LogP contribution is -2.25. The van der Waals surface area contributed by atoms with Crippen molar-refractivity contribution in [3.8, 4) is 11.4 Å². The average Bonchev–Trinajstić information content (AvgIpc) is 3.05. The molecule has 0 saturated carbocycles. The third-order valence-electron chi connectivity index (χ3n) is 4.40. The Balaban J connectivity index is 0.00000320. The van der Waals surface area contributed by atoms with E-state index in [0.29, 0.717) is 30.1 Å². The Morgan fingerprint density at radius 3 is 2.77 bits per heavy atom. The minimum absolute atomic E-state index is 0. The first-order valence-corrected chi connectivity index (χ1v) is 9.15. The van der Waals surface area contributed by atoms with Gasteiger partial charge in [-0.3, -0.25) is 4.79 Å². The number of aromatic nitrogens is 4. The van der Waals surface area contributed by atoms with Gasteiger partial charge in [0, 0.05) is 38.6 Å². The molecular weight excluding hydrogens is 411 g/mol. The Labute approximate surface area is 180 Å². The number of rotatable bonds is 8. The first-order valence-electron chi connectivity index (χ1n) is 9.15. The van der Waals surface area contributed by atoms with Gasteiger partial charge in [0.15, 0.2) is 5.82 Å². The summed E-state index contributed by atoms with van der Waals surface area (Å²) in [6.45, 7) is 2.94. The monoisotopic (exact) mass is 434 g/mol. The third kappa shape index (κ3) is 5.52. The van der Waals surface area contributed by atoms with Gasteiger partial charge in [-0.2, -0.15) is 0 Å². The second-order valence-electron chi connectivity index (χ2n) is 6.45. The van der Waals surface area contributed by atoms with Crippen molar-refractivity contribution in [2.24, 2.45) is 7.05 Å². The van der Waals surface area contributed by atoms with Crippen LogP contribution < -0.4 is 10.6 Å². The van der Waals surface area contributed by atoms with Gasteiger partial charge in [-0.15, -0.1) is 12.4 Å². The second-order valence-corrected chi connectivity index (χ2v) is 6.45. The van der Waals surface area contributed by atoms with Gasteiger partial charge in [0.2, 0.25) is 5.95 Å². The number of benzene rings is 1. The van der Waals surface area contributed by atoms with Crippen LogP contribution in [0.2, 0.25) is 0 Å². The molecule has 0 atom stereocenters. The number of imidazole rings is 1. The summed E-state index contributed by atoms with van der Waals surface area (Å²) in [6, 6.07) is 6.93. The summed E-state index contributed by atoms with van der Waals surface area (Å²) in [5.74, 6) is 0.244. The van der Waals surface area contributed by atoms with E-state index in [2.05, 4.69) is 25.6 Å². The number of methoxy groups -OCH3 is 1. The van der Waals surface area contributed by atoms with Crippen LogP contribution in [-0.4, -0.2) is 45.7 Å². The van der Waals surface area contributed by atoms with E-state index < -0.39 is 5.82 Å². The molecule has 0 aliphatic carbocycles. The Kier molecular flexibility index (Phi) is 8.25. The fourth-order valence-corrected chi connectivity index (χ4v) is 2.72. The van der Waals surface area contributed by atoms with E-state index in [1.54, 1.807) is 49.2 Å². The van der Waals surface area contributed by atoms with Crippen LogP contribution in [-0.2, 0) is 11.8 Å². The molecule has 0 spiro atoms. The number of nitrogens with zero attached hydrogens (tertiary/aromatic N) is 4. The average molecular weight is 435 g/mol. The van der Waals surface area contributed by atoms with Crippen molar-refractivity contribution >= 4 is 29.9 Å². The molecule has 2 heterocycles. The molecular formula is C20H24ClFN6O2. The lowest BCUT2D eigenvalue weighted by molar-refractivity contribution is 0.0948. The summed E-state index contributed by atoms with van der Waals surface area (Å²) >= 11 is 0. The van der Waals surface area contributed by atoms with Crippen molar-refractivity contribution in [3.63, 3.8) is 0 Å². The zero-order valence-electron chi connectivity index (χ0n) is 17.0. The lowest BCUT2D eigenvalue weighted by Gasteiger charge is -2.10. The summed E-state index contributed by atoms with van der Waals surface area (Å²) in [7, 11) is 3.41. The zero-order chi connectivity index (χ0) is 20.8. The van der Waals surface area contributed by atoms with Gasteiger partial charge in [-0.05, 0) is 31.5 Å². The standard InChI is InChI=1S/C20H23FN6O2.ClH/c1-13-23-12-17(27(13)2)18-16(21)11-24-20(26-18)25-15-7-4-6-14(10-15)19(28)22-8-5-9-29-3;/h4,6-7,10-12H,5,8-9H2,1-3H3,(H,22,28)(H,24,25,26);1H. The van der Waals surface area contributed by atoms with Crippen molar-refractivity contribution < 1.29 is 13.9 Å². The SMILES string of the molecule is COCCCNC(=O)c1cccc(Nc2ncc(F)c(-c3cnc(C)n3C)n2)c1.Cl. The highest BCUT2D eigenvalue weighted by Gasteiger charge is 2.14. The fraction of sp³-hybridized carbons (Fsp3) is 0.300. The molecule has 0 radical (unpaired) electrons. The van der Waals surface area contributed by atoms with Crippen LogP contribution >= 0.6 is 12.4 Å². The quantitative estimate of drug-likeness (QED) is 0.528. The highest BCUT2D eigenvalue weighted by Crippen LogP contribution is 2.23. The molecule has 1 aromatic carbocycles. The number of aryl methyl sites for hydroxylation is 1. The van der Waals surface area contributed by atoms with Crippen LogP contribution in [0.5, 0.6) is 0 Å². The number of hydrogen-bond donors (Lipinski definition) is 2. The van der Waals surface area contributed by atoms with Gasteiger partial charge < -0.3 is 19.9 Å². The molecule has 3 rings (SSSR count). The van der Waals surface area contributed by atoms with Crippen molar-refractivity contribution in [1.82, 2.24) is 24.8 Å². The predicted octanol–water partition coefficient (Wildman–Crippen LogP) is 3.26. The molecule has 2 N–H and O–H groups in total. The van der Waals surface area contributed by atoms with E-state index in [-0.39, 0.29) is 30.0 Å². The second kappa shape index (κ2) is 10.7. The Morgan fingerprint density at radius 2 is 2.07 bits per heavy atom. The number of hydrogen-bond acceptors (Lipinski definition) is 6. The Bertz CT molecular complexity index is 1010. The normalized spacial score (nSPS) is 10.4. The van der Waals surface area contributed by atoms with Gasteiger partial charge >= 0.3 is 0 Å². The van der Waals surface area contributed by atoms with E-state index in [4.69, 9.17) is 4.74 Å². The number of halogens is 2. The number of carbonyl (C=O) groups excluding carboxylic acids is 1. The lowest BCUT2D eigenvalue weighted by atomic mass is 10.2. The first kappa shape index (κ1) is 23.2. The maximum atomic E-state index is 14.3. The maximum Gasteiger partial charge on any atom is 0.251 e. The van der Waals surface area contributed by atoms with Gasteiger partial charge in [-0.25, -0.2) is 19.3 Å². The van der Waals surface area contributed by atoms with Crippen molar-refractivity contribution in [1.29, 1.82) is 0 Å². The maximum absolute atomic E-state index is 14.3. The molecule has 0 aliphatic heterocycles. The molecule has 0 fully saturated rings. The summed E-state index contributed by atoms with van der Waals surface area (Å²) in [5, 5.41) is 5.85. The molecule has 0 bridgehead atoms. The minimum Gasteiger partial charge on any atom is -0.385 e. The Morgan fingerprint density at radius 1 is 1.27 bits per heavy atom. The highest BCUT2D eigenvalue weighted by molar-refractivity contribution is 5.95. The first-order chi connectivity index (χ1) is 14.0. The van der Waals surface area contributed by atoms with Crippen molar-refractivity contribution in [2.45, 2.75) is 13.3 Å². The summed E-state index contributed by atoms with van der Waals surface area (Å²) in [4.78, 5) is 24.7. The molecule has 30 heavy (non-hydrogen) atoms. The summed E-state index contributed by atoms with van der Waals surface area (Å²) < 4.78 is 21.0. The number of carbonyl (C=O) groups is 1. The topological polar surface area (TPSA) is 94.0 Å². The van der Waals surface area contributed by atoms with E-state index in [0.717, 1.165) is 18.4 Å². The summed E-state index contributed by atoms with van der Waals surface area (Å²) in [6.07, 6.45) is 3.41. The van der Waals surface area contributed by atoms with Gasteiger partial charge in [0.1, 0.15) is 11.5 Å². The predicted molar refractivity (Wildman–Crippen MR) is 115 cm³/mol. The van der Waals surface area contributed by atoms with Crippen molar-refractivity contribution in [2.75, 3.05) is 25.6 Å². The molecule has 10 heteroatoms. The van der Waals surface area contributed by atoms with Crippen molar-refractivity contribution in [3.05, 3.63) is 53.9 Å². The van der Waals surface area contributed by atoms with Crippen LogP contribution in [0.3, 0.4) is 0 Å². The zero-order valence-corrected chi connectivity index (χ0v) is 17.8. The van der Waals surface area contributed by atoms with Crippen LogP contribution in [0, 0.1) is 12.7 Å². The fourth-order valence-electron chi connectivity index (χ4n) is 2.72. The van der Waals surface area contributed by atoms with E-state index in [9.17, 15) is 9.18 Å². The van der Waals surface area contributed by atoms with Crippen LogP contribution in [0.1, 0.15) is 22.6 Å². The van der Waals surface area contributed by atoms with Gasteiger partial charge in [-0.1, -0.05) is 6.07 Å². The van der Waals surface area contributed by atoms with Gasteiger partial charge in [0.05, 0.1) is 18.1 Å². The van der Waals surface area contributed by atoms with E-state index in [1.807, 2.05) is 6.92 Å². The highest BCUT2D eigenvalue weighted by atomic mass is 35.5. The largest absolute Gasteiger partial charge is 0.385 e. The molecule has 8 nitrogen and oxygen atoms in total. The molecule has 160 valence electrons. The molecule has 3 aromatic rings. The summed E-state index contributed by atoms with van der Waals surface area (Å²) in [5.41, 5.74) is 1.82. The molecule has 1 amide bonds. The number of amides is 1. The van der Waals surface area contributed by atoms with E-state index in [1.165, 1.54) is 0 Å². The van der Waals surface area contributed by atoms with Crippen LogP contribution in [0.4, 0.5) is 16.0 Å². The van der Waals surface area contributed by atoms with Crippen LogP contribution in [0.25, 0.3) is 11.4 Å². The molecule has 0 unspecified atom stereocenters. The van der Waals surface area contributed by atoms with Crippen LogP contribution in [0.15, 0.2) is 36.7 Å². The number of anilines is 2. The molecule has 0 aliphatic rings. The van der Waals surface area contributed by atoms with Gasteiger partial charge in [0.25, 0.3) is 5.91 Å². The smallest absolute Gasteiger partial charge is 0.251 e. The number of nitrogens with one attached hydrogen (secondary N) is 2. The Hall–Kier alpha value is -3.04. The number of ether oxygens (including phenoxy) is 1. The third-order valence-corrected chi connectivity index (χ3v) is 4.40. The molecule has 0 saturated heterocycles.